The molecule has 0 spiro atoms. The van der Waals surface area contributed by atoms with E-state index in [9.17, 15) is 9.18 Å². The number of halogens is 1. The number of carbonyl (C=O) groups excluding carboxylic acids is 1. The molecule has 2 rings (SSSR count). The van der Waals surface area contributed by atoms with Crippen molar-refractivity contribution in [2.45, 2.75) is 20.0 Å². The summed E-state index contributed by atoms with van der Waals surface area (Å²) in [6.45, 7) is 2.77. The van der Waals surface area contributed by atoms with Crippen molar-refractivity contribution in [3.8, 4) is 0 Å². The highest BCUT2D eigenvalue weighted by Crippen LogP contribution is 2.14. The summed E-state index contributed by atoms with van der Waals surface area (Å²) in [4.78, 5) is 12.9. The van der Waals surface area contributed by atoms with E-state index < -0.39 is 0 Å². The summed E-state index contributed by atoms with van der Waals surface area (Å²) in [6, 6.07) is 14.4. The molecular formula is C17H19FN2O. The molecule has 1 N–H and O–H groups in total. The number of amides is 1. The van der Waals surface area contributed by atoms with E-state index >= 15 is 0 Å². The van der Waals surface area contributed by atoms with Gasteiger partial charge in [-0.25, -0.2) is 4.39 Å². The standard InChI is InChI=1S/C17H19FN2O/c1-13(21)20(2)12-15-4-3-5-17(10-15)19-11-14-6-8-16(18)9-7-14/h3-10,19H,11-12H2,1-2H3. The van der Waals surface area contributed by atoms with Gasteiger partial charge in [-0.15, -0.1) is 0 Å². The molecule has 2 aromatic rings. The normalized spacial score (nSPS) is 10.2. The topological polar surface area (TPSA) is 32.3 Å². The van der Waals surface area contributed by atoms with Gasteiger partial charge in [0.05, 0.1) is 0 Å². The van der Waals surface area contributed by atoms with Crippen LogP contribution < -0.4 is 5.32 Å². The minimum Gasteiger partial charge on any atom is -0.381 e. The van der Waals surface area contributed by atoms with E-state index in [2.05, 4.69) is 5.32 Å². The lowest BCUT2D eigenvalue weighted by atomic mass is 10.1. The molecule has 3 nitrogen and oxygen atoms in total. The zero-order valence-corrected chi connectivity index (χ0v) is 12.3. The summed E-state index contributed by atoms with van der Waals surface area (Å²) >= 11 is 0. The molecule has 0 aliphatic rings. The Hall–Kier alpha value is -2.36. The van der Waals surface area contributed by atoms with Crippen LogP contribution >= 0.6 is 0 Å². The van der Waals surface area contributed by atoms with Crippen molar-refractivity contribution in [2.75, 3.05) is 12.4 Å². The summed E-state index contributed by atoms with van der Waals surface area (Å²) in [7, 11) is 1.78. The molecule has 0 heterocycles. The van der Waals surface area contributed by atoms with Gasteiger partial charge in [0.1, 0.15) is 5.82 Å². The largest absolute Gasteiger partial charge is 0.381 e. The Morgan fingerprint density at radius 2 is 1.86 bits per heavy atom. The van der Waals surface area contributed by atoms with Crippen LogP contribution in [-0.2, 0) is 17.9 Å². The van der Waals surface area contributed by atoms with Crippen molar-refractivity contribution < 1.29 is 9.18 Å². The van der Waals surface area contributed by atoms with E-state index in [1.54, 1.807) is 31.0 Å². The van der Waals surface area contributed by atoms with Crippen LogP contribution in [-0.4, -0.2) is 17.9 Å². The first-order valence-electron chi connectivity index (χ1n) is 6.83. The average molecular weight is 286 g/mol. The molecule has 1 amide bonds. The highest BCUT2D eigenvalue weighted by molar-refractivity contribution is 5.72. The Labute approximate surface area is 124 Å². The number of hydrogen-bond acceptors (Lipinski definition) is 2. The van der Waals surface area contributed by atoms with Crippen molar-refractivity contribution in [1.82, 2.24) is 4.90 Å². The second-order valence-electron chi connectivity index (χ2n) is 5.06. The molecule has 0 unspecified atom stereocenters. The van der Waals surface area contributed by atoms with Crippen molar-refractivity contribution in [3.63, 3.8) is 0 Å². The maximum atomic E-state index is 12.8. The summed E-state index contributed by atoms with van der Waals surface area (Å²) in [6.07, 6.45) is 0. The Morgan fingerprint density at radius 3 is 2.52 bits per heavy atom. The maximum absolute atomic E-state index is 12.8. The van der Waals surface area contributed by atoms with E-state index in [0.717, 1.165) is 16.8 Å². The van der Waals surface area contributed by atoms with Crippen molar-refractivity contribution in [1.29, 1.82) is 0 Å². The second kappa shape index (κ2) is 6.88. The molecule has 0 aromatic heterocycles. The summed E-state index contributed by atoms with van der Waals surface area (Å²) in [5.41, 5.74) is 3.06. The molecule has 2 aromatic carbocycles. The predicted molar refractivity (Wildman–Crippen MR) is 82.3 cm³/mol. The second-order valence-corrected chi connectivity index (χ2v) is 5.06. The highest BCUT2D eigenvalue weighted by Gasteiger charge is 2.04. The number of benzene rings is 2. The van der Waals surface area contributed by atoms with Gasteiger partial charge in [-0.2, -0.15) is 0 Å². The third-order valence-corrected chi connectivity index (χ3v) is 3.29. The van der Waals surface area contributed by atoms with Crippen LogP contribution in [0.15, 0.2) is 48.5 Å². The fourth-order valence-corrected chi connectivity index (χ4v) is 1.97. The number of rotatable bonds is 5. The number of hydrogen-bond donors (Lipinski definition) is 1. The number of nitrogens with zero attached hydrogens (tertiary/aromatic N) is 1. The predicted octanol–water partition coefficient (Wildman–Crippen LogP) is 3.42. The lowest BCUT2D eigenvalue weighted by Gasteiger charge is -2.15. The lowest BCUT2D eigenvalue weighted by Crippen LogP contribution is -2.22. The molecule has 110 valence electrons. The van der Waals surface area contributed by atoms with Crippen LogP contribution in [0.3, 0.4) is 0 Å². The molecule has 0 aliphatic heterocycles. The van der Waals surface area contributed by atoms with Crippen LogP contribution in [0.2, 0.25) is 0 Å². The molecule has 0 aliphatic carbocycles. The first-order valence-corrected chi connectivity index (χ1v) is 6.83. The maximum Gasteiger partial charge on any atom is 0.219 e. The molecule has 0 atom stereocenters. The zero-order valence-electron chi connectivity index (χ0n) is 12.3. The SMILES string of the molecule is CC(=O)N(C)Cc1cccc(NCc2ccc(F)cc2)c1. The van der Waals surface area contributed by atoms with Gasteiger partial charge in [-0.1, -0.05) is 24.3 Å². The smallest absolute Gasteiger partial charge is 0.219 e. The van der Waals surface area contributed by atoms with Gasteiger partial charge in [-0.05, 0) is 35.4 Å². The van der Waals surface area contributed by atoms with Gasteiger partial charge in [0, 0.05) is 32.7 Å². The van der Waals surface area contributed by atoms with Crippen LogP contribution in [0, 0.1) is 5.82 Å². The molecule has 0 bridgehead atoms. The van der Waals surface area contributed by atoms with Gasteiger partial charge < -0.3 is 10.2 Å². The molecule has 0 radical (unpaired) electrons. The Balaban J connectivity index is 1.97. The molecule has 21 heavy (non-hydrogen) atoms. The van der Waals surface area contributed by atoms with Crippen molar-refractivity contribution in [2.24, 2.45) is 0 Å². The first-order chi connectivity index (χ1) is 10.0. The van der Waals surface area contributed by atoms with Crippen molar-refractivity contribution >= 4 is 11.6 Å². The van der Waals surface area contributed by atoms with E-state index in [1.807, 2.05) is 24.3 Å². The van der Waals surface area contributed by atoms with Crippen LogP contribution in [0.4, 0.5) is 10.1 Å². The average Bonchev–Trinajstić information content (AvgIpc) is 2.47. The summed E-state index contributed by atoms with van der Waals surface area (Å²) in [5, 5.41) is 3.30. The van der Waals surface area contributed by atoms with Gasteiger partial charge >= 0.3 is 0 Å². The molecule has 0 saturated heterocycles. The minimum atomic E-state index is -0.229. The quantitative estimate of drug-likeness (QED) is 0.913. The van der Waals surface area contributed by atoms with Gasteiger partial charge in [0.2, 0.25) is 5.91 Å². The van der Waals surface area contributed by atoms with E-state index in [0.29, 0.717) is 13.1 Å². The van der Waals surface area contributed by atoms with Gasteiger partial charge in [-0.3, -0.25) is 4.79 Å². The first kappa shape index (κ1) is 15.0. The Kier molecular flexibility index (Phi) is 4.93. The summed E-state index contributed by atoms with van der Waals surface area (Å²) < 4.78 is 12.8. The third kappa shape index (κ3) is 4.60. The number of anilines is 1. The number of nitrogens with one attached hydrogen (secondary N) is 1. The van der Waals surface area contributed by atoms with Gasteiger partial charge in [0.15, 0.2) is 0 Å². The molecule has 4 heteroatoms. The molecular weight excluding hydrogens is 267 g/mol. The number of carbonyl (C=O) groups is 1. The fourth-order valence-electron chi connectivity index (χ4n) is 1.97. The van der Waals surface area contributed by atoms with E-state index in [-0.39, 0.29) is 11.7 Å². The zero-order chi connectivity index (χ0) is 15.2. The Bertz CT molecular complexity index is 610. The van der Waals surface area contributed by atoms with Crippen molar-refractivity contribution in [3.05, 3.63) is 65.5 Å². The minimum absolute atomic E-state index is 0.0414. The van der Waals surface area contributed by atoms with Crippen LogP contribution in [0.5, 0.6) is 0 Å². The van der Waals surface area contributed by atoms with Crippen LogP contribution in [0.25, 0.3) is 0 Å². The fraction of sp³-hybridized carbons (Fsp3) is 0.235. The van der Waals surface area contributed by atoms with Gasteiger partial charge in [0.25, 0.3) is 0 Å². The third-order valence-electron chi connectivity index (χ3n) is 3.29. The highest BCUT2D eigenvalue weighted by atomic mass is 19.1. The summed E-state index contributed by atoms with van der Waals surface area (Å²) in [5.74, 6) is -0.187. The monoisotopic (exact) mass is 286 g/mol. The Morgan fingerprint density at radius 1 is 1.14 bits per heavy atom. The van der Waals surface area contributed by atoms with E-state index in [1.165, 1.54) is 12.1 Å². The lowest BCUT2D eigenvalue weighted by molar-refractivity contribution is -0.128. The molecule has 0 saturated carbocycles. The van der Waals surface area contributed by atoms with Crippen LogP contribution in [0.1, 0.15) is 18.1 Å². The van der Waals surface area contributed by atoms with E-state index in [4.69, 9.17) is 0 Å². The molecule has 0 fully saturated rings.